The fraction of sp³-hybridized carbons (Fsp3) is 0.300. The molecule has 0 aromatic heterocycles. The zero-order valence-corrected chi connectivity index (χ0v) is 8.29. The SMILES string of the molecule is Cc1c(F)cc(CCON)cc1C(=O)O. The molecule has 0 saturated carbocycles. The standard InChI is InChI=1S/C10H12FNO3/c1-6-8(10(13)14)4-7(2-3-15-12)5-9(6)11/h4-5H,2-3,12H2,1H3,(H,13,14). The van der Waals surface area contributed by atoms with Crippen LogP contribution in [0.2, 0.25) is 0 Å². The van der Waals surface area contributed by atoms with Gasteiger partial charge in [-0.15, -0.1) is 0 Å². The molecule has 5 heteroatoms. The van der Waals surface area contributed by atoms with Gasteiger partial charge in [0.05, 0.1) is 12.2 Å². The fourth-order valence-electron chi connectivity index (χ4n) is 1.28. The Hall–Kier alpha value is -1.46. The third-order valence-electron chi connectivity index (χ3n) is 2.14. The summed E-state index contributed by atoms with van der Waals surface area (Å²) >= 11 is 0. The molecule has 0 amide bonds. The second-order valence-corrected chi connectivity index (χ2v) is 3.18. The molecule has 1 rings (SSSR count). The van der Waals surface area contributed by atoms with Crippen LogP contribution in [0.15, 0.2) is 12.1 Å². The average Bonchev–Trinajstić information content (AvgIpc) is 2.19. The summed E-state index contributed by atoms with van der Waals surface area (Å²) in [5, 5.41) is 8.82. The molecule has 4 nitrogen and oxygen atoms in total. The molecule has 0 fully saturated rings. The molecule has 1 aromatic rings. The minimum absolute atomic E-state index is 0.0259. The lowest BCUT2D eigenvalue weighted by Gasteiger charge is -2.06. The van der Waals surface area contributed by atoms with Crippen molar-refractivity contribution in [3.8, 4) is 0 Å². The van der Waals surface area contributed by atoms with Gasteiger partial charge >= 0.3 is 5.97 Å². The van der Waals surface area contributed by atoms with Gasteiger partial charge in [0, 0.05) is 0 Å². The zero-order valence-electron chi connectivity index (χ0n) is 8.29. The Morgan fingerprint density at radius 1 is 1.60 bits per heavy atom. The van der Waals surface area contributed by atoms with Crippen LogP contribution in [-0.2, 0) is 11.3 Å². The summed E-state index contributed by atoms with van der Waals surface area (Å²) in [6, 6.07) is 2.72. The maximum atomic E-state index is 13.3. The van der Waals surface area contributed by atoms with Gasteiger partial charge in [-0.05, 0) is 36.6 Å². The van der Waals surface area contributed by atoms with E-state index < -0.39 is 11.8 Å². The monoisotopic (exact) mass is 213 g/mol. The summed E-state index contributed by atoms with van der Waals surface area (Å²) in [6.07, 6.45) is 0.383. The highest BCUT2D eigenvalue weighted by Gasteiger charge is 2.12. The van der Waals surface area contributed by atoms with Crippen LogP contribution in [0.1, 0.15) is 21.5 Å². The largest absolute Gasteiger partial charge is 0.478 e. The molecule has 0 aliphatic rings. The third kappa shape index (κ3) is 2.74. The Labute approximate surface area is 86.4 Å². The summed E-state index contributed by atoms with van der Waals surface area (Å²) < 4.78 is 13.3. The highest BCUT2D eigenvalue weighted by Crippen LogP contribution is 2.16. The van der Waals surface area contributed by atoms with Crippen LogP contribution in [0.25, 0.3) is 0 Å². The number of rotatable bonds is 4. The second kappa shape index (κ2) is 4.86. The Balaban J connectivity index is 3.06. The van der Waals surface area contributed by atoms with Gasteiger partial charge in [0.2, 0.25) is 0 Å². The van der Waals surface area contributed by atoms with E-state index >= 15 is 0 Å². The zero-order chi connectivity index (χ0) is 11.4. The van der Waals surface area contributed by atoms with Crippen LogP contribution in [0, 0.1) is 12.7 Å². The topological polar surface area (TPSA) is 72.5 Å². The second-order valence-electron chi connectivity index (χ2n) is 3.18. The molecule has 0 aliphatic heterocycles. The summed E-state index contributed by atoms with van der Waals surface area (Å²) in [4.78, 5) is 15.1. The number of carboxylic acid groups (broad SMARTS) is 1. The van der Waals surface area contributed by atoms with Gasteiger partial charge in [-0.25, -0.2) is 15.1 Å². The molecule has 15 heavy (non-hydrogen) atoms. The maximum Gasteiger partial charge on any atom is 0.336 e. The van der Waals surface area contributed by atoms with Gasteiger partial charge in [0.25, 0.3) is 0 Å². The van der Waals surface area contributed by atoms with E-state index in [1.54, 1.807) is 0 Å². The van der Waals surface area contributed by atoms with Gasteiger partial charge in [-0.1, -0.05) is 0 Å². The third-order valence-corrected chi connectivity index (χ3v) is 2.14. The highest BCUT2D eigenvalue weighted by atomic mass is 19.1. The number of aromatic carboxylic acids is 1. The molecule has 82 valence electrons. The van der Waals surface area contributed by atoms with Gasteiger partial charge < -0.3 is 9.94 Å². The van der Waals surface area contributed by atoms with Crippen molar-refractivity contribution in [1.82, 2.24) is 0 Å². The van der Waals surface area contributed by atoms with Crippen molar-refractivity contribution in [1.29, 1.82) is 0 Å². The number of nitrogens with two attached hydrogens (primary N) is 1. The van der Waals surface area contributed by atoms with Gasteiger partial charge in [-0.2, -0.15) is 0 Å². The number of carbonyl (C=O) groups is 1. The van der Waals surface area contributed by atoms with Crippen LogP contribution in [0.3, 0.4) is 0 Å². The normalized spacial score (nSPS) is 10.3. The molecule has 0 aliphatic carbocycles. The lowest BCUT2D eigenvalue weighted by molar-refractivity contribution is 0.0695. The molecule has 0 atom stereocenters. The molecular weight excluding hydrogens is 201 g/mol. The van der Waals surface area contributed by atoms with Gasteiger partial charge in [-0.3, -0.25) is 0 Å². The van der Waals surface area contributed by atoms with Crippen molar-refractivity contribution < 1.29 is 19.1 Å². The smallest absolute Gasteiger partial charge is 0.336 e. The van der Waals surface area contributed by atoms with E-state index in [-0.39, 0.29) is 17.7 Å². The molecule has 0 bridgehead atoms. The minimum atomic E-state index is -1.14. The molecule has 1 aromatic carbocycles. The maximum absolute atomic E-state index is 13.3. The lowest BCUT2D eigenvalue weighted by Crippen LogP contribution is -2.07. The molecular formula is C10H12FNO3. The van der Waals surface area contributed by atoms with Crippen molar-refractivity contribution in [3.05, 3.63) is 34.6 Å². The first-order valence-electron chi connectivity index (χ1n) is 4.40. The molecule has 0 spiro atoms. The summed E-state index contributed by atoms with van der Waals surface area (Å²) in [7, 11) is 0. The van der Waals surface area contributed by atoms with E-state index in [2.05, 4.69) is 4.84 Å². The molecule has 0 unspecified atom stereocenters. The molecule has 3 N–H and O–H groups in total. The first-order chi connectivity index (χ1) is 7.06. The van der Waals surface area contributed by atoms with Crippen LogP contribution < -0.4 is 5.90 Å². The van der Waals surface area contributed by atoms with E-state index in [0.717, 1.165) is 0 Å². The van der Waals surface area contributed by atoms with Crippen molar-refractivity contribution in [3.63, 3.8) is 0 Å². The molecule has 0 heterocycles. The van der Waals surface area contributed by atoms with Crippen LogP contribution in [0.5, 0.6) is 0 Å². The van der Waals surface area contributed by atoms with Crippen molar-refractivity contribution in [2.45, 2.75) is 13.3 Å². The summed E-state index contributed by atoms with van der Waals surface area (Å²) in [5.74, 6) is 3.17. The summed E-state index contributed by atoms with van der Waals surface area (Å²) in [6.45, 7) is 1.66. The van der Waals surface area contributed by atoms with E-state index in [0.29, 0.717) is 12.0 Å². The Morgan fingerprint density at radius 3 is 2.80 bits per heavy atom. The van der Waals surface area contributed by atoms with Gasteiger partial charge in [0.1, 0.15) is 5.82 Å². The van der Waals surface area contributed by atoms with Gasteiger partial charge in [0.15, 0.2) is 0 Å². The summed E-state index contributed by atoms with van der Waals surface area (Å²) in [5.41, 5.74) is 0.669. The minimum Gasteiger partial charge on any atom is -0.478 e. The van der Waals surface area contributed by atoms with E-state index in [1.165, 1.54) is 19.1 Å². The molecule has 0 saturated heterocycles. The highest BCUT2D eigenvalue weighted by molar-refractivity contribution is 5.89. The van der Waals surface area contributed by atoms with Crippen molar-refractivity contribution in [2.24, 2.45) is 5.90 Å². The average molecular weight is 213 g/mol. The first kappa shape index (κ1) is 11.6. The lowest BCUT2D eigenvalue weighted by atomic mass is 10.0. The van der Waals surface area contributed by atoms with Crippen LogP contribution in [0.4, 0.5) is 4.39 Å². The van der Waals surface area contributed by atoms with Crippen molar-refractivity contribution >= 4 is 5.97 Å². The predicted molar refractivity (Wildman–Crippen MR) is 51.9 cm³/mol. The van der Waals surface area contributed by atoms with Crippen LogP contribution >= 0.6 is 0 Å². The first-order valence-corrected chi connectivity index (χ1v) is 4.40. The Morgan fingerprint density at radius 2 is 2.27 bits per heavy atom. The van der Waals surface area contributed by atoms with Crippen LogP contribution in [-0.4, -0.2) is 17.7 Å². The molecule has 0 radical (unpaired) electrons. The predicted octanol–water partition coefficient (Wildman–Crippen LogP) is 1.27. The number of halogens is 1. The number of hydrogen-bond acceptors (Lipinski definition) is 3. The number of benzene rings is 1. The Kier molecular flexibility index (Phi) is 3.76. The fourth-order valence-corrected chi connectivity index (χ4v) is 1.28. The van der Waals surface area contributed by atoms with E-state index in [9.17, 15) is 9.18 Å². The van der Waals surface area contributed by atoms with E-state index in [1.807, 2.05) is 0 Å². The quantitative estimate of drug-likeness (QED) is 0.738. The Bertz CT molecular complexity index is 379. The van der Waals surface area contributed by atoms with Crippen molar-refractivity contribution in [2.75, 3.05) is 6.61 Å². The number of carboxylic acids is 1. The number of hydrogen-bond donors (Lipinski definition) is 2. The van der Waals surface area contributed by atoms with E-state index in [4.69, 9.17) is 11.0 Å².